The van der Waals surface area contributed by atoms with Gasteiger partial charge in [-0.1, -0.05) is 85.0 Å². The van der Waals surface area contributed by atoms with Gasteiger partial charge in [0.2, 0.25) is 5.76 Å². The molecule has 0 fully saturated rings. The van der Waals surface area contributed by atoms with Crippen LogP contribution in [0.2, 0.25) is 0 Å². The fourth-order valence-electron chi connectivity index (χ4n) is 2.87. The number of cyclic esters (lactones) is 1. The third-order valence-corrected chi connectivity index (χ3v) is 4.40. The van der Waals surface area contributed by atoms with Crippen LogP contribution in [0, 0.1) is 0 Å². The quantitative estimate of drug-likeness (QED) is 0.455. The summed E-state index contributed by atoms with van der Waals surface area (Å²) in [6.07, 6.45) is 5.61. The summed E-state index contributed by atoms with van der Waals surface area (Å²) in [4.78, 5) is 11.5. The van der Waals surface area contributed by atoms with Gasteiger partial charge in [-0.15, -0.1) is 0 Å². The molecule has 30 heavy (non-hydrogen) atoms. The van der Waals surface area contributed by atoms with Crippen molar-refractivity contribution in [3.8, 4) is 0 Å². The van der Waals surface area contributed by atoms with Gasteiger partial charge >= 0.3 is 5.97 Å². The third-order valence-electron chi connectivity index (χ3n) is 4.40. The summed E-state index contributed by atoms with van der Waals surface area (Å²) >= 11 is 0. The highest BCUT2D eigenvalue weighted by Gasteiger charge is 2.40. The summed E-state index contributed by atoms with van der Waals surface area (Å²) < 4.78 is 16.4. The molecule has 0 bridgehead atoms. The lowest BCUT2D eigenvalue weighted by molar-refractivity contribution is -0.150. The Hall–Kier alpha value is -3.35. The minimum Gasteiger partial charge on any atom is -0.505 e. The number of carbonyl (C=O) groups excluding carboxylic acids is 1. The van der Waals surface area contributed by atoms with Crippen LogP contribution in [0.4, 0.5) is 0 Å². The Labute approximate surface area is 175 Å². The smallest absolute Gasteiger partial charge is 0.377 e. The molecule has 3 rings (SSSR count). The van der Waals surface area contributed by atoms with Gasteiger partial charge in [-0.3, -0.25) is 0 Å². The SMILES string of the molecule is O=C1O[C@H]([C@H](COCC=Cc2ccccc2)OCC=Cc2ccccc2)C(O)=C1O. The van der Waals surface area contributed by atoms with Crippen molar-refractivity contribution in [1.82, 2.24) is 0 Å². The van der Waals surface area contributed by atoms with Crippen molar-refractivity contribution >= 4 is 18.1 Å². The van der Waals surface area contributed by atoms with Gasteiger partial charge in [0.1, 0.15) is 6.10 Å². The van der Waals surface area contributed by atoms with E-state index in [0.29, 0.717) is 6.61 Å². The van der Waals surface area contributed by atoms with Crippen molar-refractivity contribution in [3.05, 3.63) is 95.5 Å². The molecule has 1 heterocycles. The van der Waals surface area contributed by atoms with Crippen molar-refractivity contribution in [2.45, 2.75) is 12.2 Å². The van der Waals surface area contributed by atoms with E-state index in [2.05, 4.69) is 0 Å². The van der Waals surface area contributed by atoms with E-state index in [9.17, 15) is 15.0 Å². The maximum absolute atomic E-state index is 11.5. The van der Waals surface area contributed by atoms with Gasteiger partial charge in [0.05, 0.1) is 19.8 Å². The topological polar surface area (TPSA) is 85.2 Å². The molecule has 0 unspecified atom stereocenters. The average molecular weight is 408 g/mol. The van der Waals surface area contributed by atoms with Crippen LogP contribution in [0.15, 0.2) is 84.3 Å². The van der Waals surface area contributed by atoms with Gasteiger partial charge in [0.25, 0.3) is 0 Å². The standard InChI is InChI=1S/C24H24O6/c25-21-22(26)24(27)30-23(21)20(29-16-8-14-19-11-5-2-6-12-19)17-28-15-7-13-18-9-3-1-4-10-18/h1-14,20,23,25-26H,15-17H2/t20-,23+/m0/s1. The predicted molar refractivity (Wildman–Crippen MR) is 114 cm³/mol. The number of ether oxygens (including phenoxy) is 3. The van der Waals surface area contributed by atoms with Crippen LogP contribution in [0.5, 0.6) is 0 Å². The minimum absolute atomic E-state index is 0.0631. The van der Waals surface area contributed by atoms with Crippen LogP contribution in [-0.2, 0) is 19.0 Å². The summed E-state index contributed by atoms with van der Waals surface area (Å²) in [7, 11) is 0. The largest absolute Gasteiger partial charge is 0.505 e. The number of carbonyl (C=O) groups is 1. The average Bonchev–Trinajstić information content (AvgIpc) is 3.03. The molecule has 2 N–H and O–H groups in total. The van der Waals surface area contributed by atoms with E-state index in [1.807, 2.05) is 85.0 Å². The number of hydrogen-bond donors (Lipinski definition) is 2. The zero-order valence-electron chi connectivity index (χ0n) is 16.4. The van der Waals surface area contributed by atoms with Gasteiger partial charge in [-0.25, -0.2) is 4.79 Å². The molecule has 0 amide bonds. The summed E-state index contributed by atoms with van der Waals surface area (Å²) in [5, 5.41) is 19.6. The first-order valence-corrected chi connectivity index (χ1v) is 9.61. The fraction of sp³-hybridized carbons (Fsp3) is 0.208. The highest BCUT2D eigenvalue weighted by molar-refractivity contribution is 5.89. The van der Waals surface area contributed by atoms with Crippen LogP contribution in [0.25, 0.3) is 12.2 Å². The number of rotatable bonds is 10. The van der Waals surface area contributed by atoms with E-state index >= 15 is 0 Å². The Morgan fingerprint density at radius 3 is 2.00 bits per heavy atom. The van der Waals surface area contributed by atoms with E-state index in [4.69, 9.17) is 14.2 Å². The van der Waals surface area contributed by atoms with Gasteiger partial charge in [-0.05, 0) is 11.1 Å². The number of benzene rings is 2. The second-order valence-corrected chi connectivity index (χ2v) is 6.60. The fourth-order valence-corrected chi connectivity index (χ4v) is 2.87. The van der Waals surface area contributed by atoms with Crippen LogP contribution in [0.3, 0.4) is 0 Å². The van der Waals surface area contributed by atoms with Gasteiger partial charge in [-0.2, -0.15) is 0 Å². The molecule has 0 aromatic heterocycles. The molecule has 0 radical (unpaired) electrons. The molecule has 0 saturated heterocycles. The Bertz CT molecular complexity index is 902. The zero-order chi connectivity index (χ0) is 21.2. The number of aliphatic hydroxyl groups excluding tert-OH is 2. The third kappa shape index (κ3) is 6.07. The predicted octanol–water partition coefficient (Wildman–Crippen LogP) is 4.07. The van der Waals surface area contributed by atoms with Crippen molar-refractivity contribution in [3.63, 3.8) is 0 Å². The van der Waals surface area contributed by atoms with Crippen molar-refractivity contribution < 1.29 is 29.2 Å². The number of esters is 1. The van der Waals surface area contributed by atoms with Crippen molar-refractivity contribution in [2.24, 2.45) is 0 Å². The first-order valence-electron chi connectivity index (χ1n) is 9.61. The van der Waals surface area contributed by atoms with E-state index in [-0.39, 0.29) is 13.2 Å². The van der Waals surface area contributed by atoms with E-state index in [1.165, 1.54) is 0 Å². The molecule has 1 aliphatic rings. The molecular weight excluding hydrogens is 384 g/mol. The molecule has 6 nitrogen and oxygen atoms in total. The van der Waals surface area contributed by atoms with Gasteiger partial charge < -0.3 is 24.4 Å². The van der Waals surface area contributed by atoms with E-state index in [0.717, 1.165) is 11.1 Å². The molecule has 2 atom stereocenters. The summed E-state index contributed by atoms with van der Waals surface area (Å²) in [5.41, 5.74) is 2.07. The molecule has 2 aromatic rings. The Morgan fingerprint density at radius 1 is 0.900 bits per heavy atom. The number of aliphatic hydroxyl groups is 2. The highest BCUT2D eigenvalue weighted by atomic mass is 16.6. The van der Waals surface area contributed by atoms with Crippen LogP contribution in [0.1, 0.15) is 11.1 Å². The first-order chi connectivity index (χ1) is 14.6. The van der Waals surface area contributed by atoms with Gasteiger partial charge in [0, 0.05) is 0 Å². The molecule has 2 aromatic carbocycles. The minimum atomic E-state index is -1.11. The Kier molecular flexibility index (Phi) is 7.83. The van der Waals surface area contributed by atoms with E-state index < -0.39 is 29.7 Å². The second kappa shape index (κ2) is 11.0. The lowest BCUT2D eigenvalue weighted by Gasteiger charge is -2.22. The second-order valence-electron chi connectivity index (χ2n) is 6.60. The summed E-state index contributed by atoms with van der Waals surface area (Å²) in [6, 6.07) is 19.5. The number of hydrogen-bond acceptors (Lipinski definition) is 6. The first kappa shape index (κ1) is 21.4. The van der Waals surface area contributed by atoms with Crippen molar-refractivity contribution in [1.29, 1.82) is 0 Å². The molecule has 1 aliphatic heterocycles. The lowest BCUT2D eigenvalue weighted by Crippen LogP contribution is -2.35. The van der Waals surface area contributed by atoms with Gasteiger partial charge in [0.15, 0.2) is 11.9 Å². The van der Waals surface area contributed by atoms with Crippen LogP contribution in [-0.4, -0.2) is 48.2 Å². The monoisotopic (exact) mass is 408 g/mol. The van der Waals surface area contributed by atoms with Crippen LogP contribution < -0.4 is 0 Å². The molecule has 0 spiro atoms. The maximum Gasteiger partial charge on any atom is 0.377 e. The zero-order valence-corrected chi connectivity index (χ0v) is 16.4. The highest BCUT2D eigenvalue weighted by Crippen LogP contribution is 2.23. The van der Waals surface area contributed by atoms with E-state index in [1.54, 1.807) is 0 Å². The molecule has 156 valence electrons. The summed E-state index contributed by atoms with van der Waals surface area (Å²) in [6.45, 7) is 0.587. The Balaban J connectivity index is 1.55. The Morgan fingerprint density at radius 2 is 1.47 bits per heavy atom. The lowest BCUT2D eigenvalue weighted by atomic mass is 10.2. The van der Waals surface area contributed by atoms with Crippen LogP contribution >= 0.6 is 0 Å². The molecule has 0 saturated carbocycles. The summed E-state index contributed by atoms with van der Waals surface area (Å²) in [5.74, 6) is -2.31. The maximum atomic E-state index is 11.5. The normalized spacial score (nSPS) is 17.7. The molecular formula is C24H24O6. The molecule has 6 heteroatoms. The van der Waals surface area contributed by atoms with Crippen molar-refractivity contribution in [2.75, 3.05) is 19.8 Å². The molecule has 0 aliphatic carbocycles.